The van der Waals surface area contributed by atoms with Crippen LogP contribution in [0.25, 0.3) is 0 Å². The van der Waals surface area contributed by atoms with Crippen molar-refractivity contribution in [3.8, 4) is 0 Å². The van der Waals surface area contributed by atoms with Gasteiger partial charge in [-0.25, -0.2) is 0 Å². The number of rotatable bonds is 10. The lowest BCUT2D eigenvalue weighted by Gasteiger charge is -2.41. The van der Waals surface area contributed by atoms with Crippen molar-refractivity contribution in [2.45, 2.75) is 118 Å². The number of carbonyl (C=O) groups is 4. The van der Waals surface area contributed by atoms with Gasteiger partial charge in [0, 0.05) is 43.3 Å². The largest absolute Gasteiger partial charge is 0.342 e. The second kappa shape index (κ2) is 15.1. The summed E-state index contributed by atoms with van der Waals surface area (Å²) in [5.74, 6) is -0.727. The van der Waals surface area contributed by atoms with Crippen LogP contribution in [0.3, 0.4) is 0 Å². The summed E-state index contributed by atoms with van der Waals surface area (Å²) in [5.41, 5.74) is 0.592. The zero-order valence-electron chi connectivity index (χ0n) is 28.2. The molecule has 2 aliphatic rings. The molecule has 0 bridgehead atoms. The Hall–Kier alpha value is -3.27. The molecule has 1 aromatic heterocycles. The number of hydrogen-bond donors (Lipinski definition) is 2. The summed E-state index contributed by atoms with van der Waals surface area (Å²) in [6.45, 7) is 17.2. The Bertz CT molecular complexity index is 1190. The topological polar surface area (TPSA) is 115 Å². The Kier molecular flexibility index (Phi) is 12.1. The summed E-state index contributed by atoms with van der Waals surface area (Å²) >= 11 is 0. The van der Waals surface area contributed by atoms with E-state index in [1.807, 2.05) is 40.7 Å². The fourth-order valence-corrected chi connectivity index (χ4v) is 6.34. The minimum absolute atomic E-state index is 0.00200. The van der Waals surface area contributed by atoms with Crippen molar-refractivity contribution in [1.82, 2.24) is 25.0 Å². The van der Waals surface area contributed by atoms with E-state index in [1.165, 1.54) is 0 Å². The fourth-order valence-electron chi connectivity index (χ4n) is 6.34. The molecule has 0 aromatic carbocycles. The van der Waals surface area contributed by atoms with Crippen LogP contribution in [0.4, 0.5) is 5.69 Å². The highest BCUT2D eigenvalue weighted by atomic mass is 16.2. The fraction of sp³-hybridized carbons (Fsp3) is 0.676. The van der Waals surface area contributed by atoms with Crippen LogP contribution in [-0.4, -0.2) is 93.7 Å². The zero-order chi connectivity index (χ0) is 32.8. The number of likely N-dealkylation sites (N-methyl/N-ethyl adjacent to an activating group) is 1. The predicted molar refractivity (Wildman–Crippen MR) is 174 cm³/mol. The lowest BCUT2D eigenvalue weighted by atomic mass is 9.84. The maximum atomic E-state index is 14.1. The molecule has 0 radical (unpaired) electrons. The monoisotopic (exact) mass is 610 g/mol. The third-order valence-electron chi connectivity index (χ3n) is 8.91. The molecule has 1 aromatic rings. The van der Waals surface area contributed by atoms with Crippen LogP contribution in [-0.2, 0) is 19.2 Å². The summed E-state index contributed by atoms with van der Waals surface area (Å²) in [6.07, 6.45) is 9.22. The number of hydrogen-bond acceptors (Lipinski definition) is 6. The lowest BCUT2D eigenvalue weighted by Crippen LogP contribution is -2.60. The summed E-state index contributed by atoms with van der Waals surface area (Å²) in [6, 6.07) is 1.73. The molecular weight excluding hydrogens is 556 g/mol. The number of piperidine rings is 1. The van der Waals surface area contributed by atoms with Gasteiger partial charge in [-0.3, -0.25) is 29.1 Å². The summed E-state index contributed by atoms with van der Waals surface area (Å²) in [5, 5.41) is 6.02. The molecule has 2 aliphatic heterocycles. The molecule has 44 heavy (non-hydrogen) atoms. The lowest BCUT2D eigenvalue weighted by molar-refractivity contribution is -0.142. The molecular formula is C34H54N6O4. The molecule has 244 valence electrons. The number of anilines is 1. The number of nitrogens with one attached hydrogen (secondary N) is 2. The van der Waals surface area contributed by atoms with Crippen LogP contribution >= 0.6 is 0 Å². The van der Waals surface area contributed by atoms with Gasteiger partial charge in [-0.1, -0.05) is 47.1 Å². The minimum Gasteiger partial charge on any atom is -0.342 e. The van der Waals surface area contributed by atoms with Crippen molar-refractivity contribution in [2.24, 2.45) is 11.3 Å². The van der Waals surface area contributed by atoms with E-state index < -0.39 is 17.5 Å². The molecule has 2 N–H and O–H groups in total. The Balaban J connectivity index is 1.77. The Labute approximate surface area is 264 Å². The zero-order valence-corrected chi connectivity index (χ0v) is 28.2. The van der Waals surface area contributed by atoms with Gasteiger partial charge in [0.15, 0.2) is 0 Å². The van der Waals surface area contributed by atoms with Gasteiger partial charge >= 0.3 is 0 Å². The minimum atomic E-state index is -0.735. The average molecular weight is 611 g/mol. The van der Waals surface area contributed by atoms with Crippen LogP contribution < -0.4 is 10.6 Å². The van der Waals surface area contributed by atoms with E-state index in [0.29, 0.717) is 24.2 Å². The molecule has 1 unspecified atom stereocenters. The van der Waals surface area contributed by atoms with E-state index in [-0.39, 0.29) is 47.7 Å². The van der Waals surface area contributed by atoms with Crippen LogP contribution in [0.15, 0.2) is 36.2 Å². The first-order valence-corrected chi connectivity index (χ1v) is 16.2. The molecule has 0 spiro atoms. The van der Waals surface area contributed by atoms with Gasteiger partial charge in [-0.2, -0.15) is 0 Å². The molecule has 10 nitrogen and oxygen atoms in total. The molecule has 0 saturated carbocycles. The number of nitrogens with zero attached hydrogens (tertiary/aromatic N) is 4. The molecule has 4 atom stereocenters. The van der Waals surface area contributed by atoms with Crippen molar-refractivity contribution in [3.05, 3.63) is 36.2 Å². The standard InChI is InChI=1S/C34H54N6O4/c1-22(2)28(21-24(5)32(43)40-20-12-14-27(40)30(41)36-25-15-17-35-18-16-25)38(9)33(44)29(34(6,7)8)37-31(42)26-13-10-11-19-39(26)23(3)4/h15-18,21-23,26-29H,10-14,19-20H2,1-9H3,(H,37,42)(H,35,36,41)/b24-21+/t26?,27-,28+,29+/m0/s1. The van der Waals surface area contributed by atoms with Gasteiger partial charge in [-0.05, 0) is 76.5 Å². The number of carbonyl (C=O) groups excluding carboxylic acids is 4. The van der Waals surface area contributed by atoms with Crippen molar-refractivity contribution in [1.29, 1.82) is 0 Å². The number of amides is 4. The second-order valence-electron chi connectivity index (χ2n) is 14.1. The van der Waals surface area contributed by atoms with Crippen LogP contribution in [0.2, 0.25) is 0 Å². The van der Waals surface area contributed by atoms with E-state index >= 15 is 0 Å². The molecule has 2 fully saturated rings. The second-order valence-corrected chi connectivity index (χ2v) is 14.1. The van der Waals surface area contributed by atoms with Gasteiger partial charge < -0.3 is 20.4 Å². The molecule has 0 aliphatic carbocycles. The first-order valence-electron chi connectivity index (χ1n) is 16.2. The van der Waals surface area contributed by atoms with Crippen molar-refractivity contribution < 1.29 is 19.2 Å². The Morgan fingerprint density at radius 2 is 1.59 bits per heavy atom. The molecule has 3 rings (SSSR count). The summed E-state index contributed by atoms with van der Waals surface area (Å²) in [7, 11) is 1.74. The normalized spacial score (nSPS) is 21.2. The third-order valence-corrected chi connectivity index (χ3v) is 8.91. The first-order chi connectivity index (χ1) is 20.6. The number of likely N-dealkylation sites (tertiary alicyclic amines) is 2. The van der Waals surface area contributed by atoms with Gasteiger partial charge in [0.05, 0.1) is 12.1 Å². The highest BCUT2D eigenvalue weighted by Crippen LogP contribution is 2.27. The predicted octanol–water partition coefficient (Wildman–Crippen LogP) is 4.23. The quantitative estimate of drug-likeness (QED) is 0.383. The molecule has 4 amide bonds. The number of aromatic nitrogens is 1. The average Bonchev–Trinajstić information content (AvgIpc) is 3.47. The number of pyridine rings is 1. The maximum Gasteiger partial charge on any atom is 0.249 e. The summed E-state index contributed by atoms with van der Waals surface area (Å²) < 4.78 is 0. The highest BCUT2D eigenvalue weighted by molar-refractivity contribution is 6.01. The van der Waals surface area contributed by atoms with Crippen LogP contribution in [0.5, 0.6) is 0 Å². The molecule has 3 heterocycles. The van der Waals surface area contributed by atoms with E-state index in [0.717, 1.165) is 32.2 Å². The van der Waals surface area contributed by atoms with Gasteiger partial charge in [0.2, 0.25) is 23.6 Å². The SMILES string of the molecule is C/C(=C\[C@H](C(C)C)N(C)C(=O)[C@@H](NC(=O)C1CCCCN1C(C)C)C(C)(C)C)C(=O)N1CCC[C@H]1C(=O)Nc1ccncc1. The summed E-state index contributed by atoms with van der Waals surface area (Å²) in [4.78, 5) is 63.9. The van der Waals surface area contributed by atoms with E-state index in [9.17, 15) is 19.2 Å². The van der Waals surface area contributed by atoms with E-state index in [4.69, 9.17) is 0 Å². The smallest absolute Gasteiger partial charge is 0.249 e. The molecule has 2 saturated heterocycles. The first kappa shape index (κ1) is 35.2. The Morgan fingerprint density at radius 3 is 2.18 bits per heavy atom. The van der Waals surface area contributed by atoms with Crippen molar-refractivity contribution in [2.75, 3.05) is 25.5 Å². The van der Waals surface area contributed by atoms with E-state index in [2.05, 4.69) is 34.4 Å². The third kappa shape index (κ3) is 8.67. The van der Waals surface area contributed by atoms with Crippen molar-refractivity contribution in [3.63, 3.8) is 0 Å². The van der Waals surface area contributed by atoms with Gasteiger partial charge in [0.1, 0.15) is 12.1 Å². The van der Waals surface area contributed by atoms with E-state index in [1.54, 1.807) is 48.3 Å². The van der Waals surface area contributed by atoms with Gasteiger partial charge in [0.25, 0.3) is 0 Å². The highest BCUT2D eigenvalue weighted by Gasteiger charge is 2.40. The van der Waals surface area contributed by atoms with Gasteiger partial charge in [-0.15, -0.1) is 0 Å². The Morgan fingerprint density at radius 1 is 0.955 bits per heavy atom. The molecule has 10 heteroatoms. The van der Waals surface area contributed by atoms with Crippen LogP contribution in [0.1, 0.15) is 87.5 Å². The maximum absolute atomic E-state index is 14.1. The van der Waals surface area contributed by atoms with Crippen molar-refractivity contribution >= 4 is 29.3 Å². The van der Waals surface area contributed by atoms with Crippen LogP contribution in [0, 0.1) is 11.3 Å².